The minimum absolute atomic E-state index is 0.107. The highest BCUT2D eigenvalue weighted by Crippen LogP contribution is 2.38. The van der Waals surface area contributed by atoms with Crippen LogP contribution >= 0.6 is 23.2 Å². The number of halogens is 4. The molecule has 0 spiro atoms. The van der Waals surface area contributed by atoms with Gasteiger partial charge in [-0.2, -0.15) is 5.26 Å². The van der Waals surface area contributed by atoms with E-state index in [1.54, 1.807) is 12.1 Å². The number of nitrogens with one attached hydrogen (secondary N) is 4. The van der Waals surface area contributed by atoms with E-state index < -0.39 is 11.6 Å². The average Bonchev–Trinajstić information content (AvgIpc) is 3.52. The summed E-state index contributed by atoms with van der Waals surface area (Å²) in [7, 11) is 0. The van der Waals surface area contributed by atoms with E-state index in [-0.39, 0.29) is 28.5 Å². The number of nitriles is 1. The first-order valence-corrected chi connectivity index (χ1v) is 15.8. The van der Waals surface area contributed by atoms with Crippen molar-refractivity contribution in [1.82, 2.24) is 25.9 Å². The van der Waals surface area contributed by atoms with Crippen LogP contribution in [0.4, 0.5) is 25.8 Å². The zero-order valence-corrected chi connectivity index (χ0v) is 27.1. The van der Waals surface area contributed by atoms with Crippen LogP contribution in [0.2, 0.25) is 10.0 Å². The van der Waals surface area contributed by atoms with Gasteiger partial charge in [0, 0.05) is 53.2 Å². The summed E-state index contributed by atoms with van der Waals surface area (Å²) in [5.41, 5.74) is 9.52. The normalized spacial score (nSPS) is 16.6. The number of hydrogen-bond acceptors (Lipinski definition) is 8. The van der Waals surface area contributed by atoms with E-state index in [4.69, 9.17) is 23.2 Å². The molecule has 8 nitrogen and oxygen atoms in total. The number of nitrogens with zero attached hydrogens (tertiary/aromatic N) is 4. The molecule has 1 atom stereocenters. The van der Waals surface area contributed by atoms with Gasteiger partial charge in [0.05, 0.1) is 33.5 Å². The summed E-state index contributed by atoms with van der Waals surface area (Å²) in [5, 5.41) is 19.7. The van der Waals surface area contributed by atoms with Crippen LogP contribution in [0, 0.1) is 23.0 Å². The molecule has 0 bridgehead atoms. The first kappa shape index (κ1) is 31.8. The Morgan fingerprint density at radius 1 is 1.02 bits per heavy atom. The molecule has 46 heavy (non-hydrogen) atoms. The van der Waals surface area contributed by atoms with Crippen molar-refractivity contribution in [3.05, 3.63) is 105 Å². The van der Waals surface area contributed by atoms with Crippen molar-refractivity contribution in [3.63, 3.8) is 0 Å². The van der Waals surface area contributed by atoms with Crippen molar-refractivity contribution < 1.29 is 8.78 Å². The van der Waals surface area contributed by atoms with Gasteiger partial charge < -0.3 is 16.1 Å². The number of likely N-dealkylation sites (tertiary alicyclic amines) is 1. The molecule has 0 aliphatic carbocycles. The third kappa shape index (κ3) is 6.55. The molecule has 12 heteroatoms. The molecule has 0 radical (unpaired) electrons. The van der Waals surface area contributed by atoms with E-state index >= 15 is 0 Å². The van der Waals surface area contributed by atoms with E-state index in [0.29, 0.717) is 32.7 Å². The summed E-state index contributed by atoms with van der Waals surface area (Å²) in [6.07, 6.45) is 5.44. The highest BCUT2D eigenvalue weighted by molar-refractivity contribution is 6.36. The van der Waals surface area contributed by atoms with E-state index in [9.17, 15) is 14.0 Å². The van der Waals surface area contributed by atoms with Crippen LogP contribution in [0.5, 0.6) is 0 Å². The highest BCUT2D eigenvalue weighted by Gasteiger charge is 2.32. The molecule has 1 saturated heterocycles. The number of pyridine rings is 1. The zero-order chi connectivity index (χ0) is 32.6. The van der Waals surface area contributed by atoms with Gasteiger partial charge in [-0.1, -0.05) is 41.4 Å². The second-order valence-corrected chi connectivity index (χ2v) is 13.3. The fraction of sp³-hybridized carbons (Fsp3) is 0.294. The molecule has 2 aliphatic rings. The summed E-state index contributed by atoms with van der Waals surface area (Å²) >= 11 is 13.0. The number of para-hydroxylation sites is 1. The van der Waals surface area contributed by atoms with Crippen molar-refractivity contribution in [1.29, 1.82) is 5.26 Å². The zero-order valence-electron chi connectivity index (χ0n) is 25.6. The van der Waals surface area contributed by atoms with Crippen molar-refractivity contribution in [3.8, 4) is 6.07 Å². The maximum Gasteiger partial charge on any atom is 0.149 e. The second-order valence-electron chi connectivity index (χ2n) is 12.5. The number of fused-ring (bicyclic) bond motifs is 1. The van der Waals surface area contributed by atoms with E-state index in [1.165, 1.54) is 12.3 Å². The van der Waals surface area contributed by atoms with Gasteiger partial charge >= 0.3 is 0 Å². The molecule has 3 aromatic carbocycles. The van der Waals surface area contributed by atoms with Crippen molar-refractivity contribution >= 4 is 51.2 Å². The van der Waals surface area contributed by atoms with Crippen LogP contribution in [0.1, 0.15) is 50.8 Å². The van der Waals surface area contributed by atoms with Crippen LogP contribution in [0.25, 0.3) is 10.9 Å². The smallest absolute Gasteiger partial charge is 0.149 e. The Kier molecular flexibility index (Phi) is 8.95. The summed E-state index contributed by atoms with van der Waals surface area (Å²) in [4.78, 5) is 6.89. The summed E-state index contributed by atoms with van der Waals surface area (Å²) < 4.78 is 29.3. The molecule has 1 aromatic heterocycles. The van der Waals surface area contributed by atoms with Gasteiger partial charge in [0.2, 0.25) is 0 Å². The molecule has 238 valence electrons. The minimum Gasteiger partial charge on any atom is -0.373 e. The van der Waals surface area contributed by atoms with Crippen LogP contribution < -0.4 is 21.6 Å². The van der Waals surface area contributed by atoms with E-state index in [1.807, 2.05) is 24.3 Å². The monoisotopic (exact) mass is 662 g/mol. The predicted molar refractivity (Wildman–Crippen MR) is 179 cm³/mol. The standard InChI is InChI=1S/C34H34Cl2F2N8/c1-34(2,3)45-13-11-24(12-14-45)46-19-29(43-44-46)31(20-7-9-22(35)10-8-20)41-23-15-25-30(42-33-27(37)5-4-6-28(33)38)21(17-39)18-40-32(25)26(36)16-23/h4-10,15-16,18-19,24,31,41,43-44H,11-14H2,1-3H3,(H,40,42)/t31-/m0/s1. The Labute approximate surface area is 276 Å². The molecule has 0 amide bonds. The largest absolute Gasteiger partial charge is 0.373 e. The summed E-state index contributed by atoms with van der Waals surface area (Å²) in [6.45, 7) is 8.76. The maximum absolute atomic E-state index is 14.7. The first-order chi connectivity index (χ1) is 22.0. The third-order valence-electron chi connectivity index (χ3n) is 8.50. The number of hydrazine groups is 2. The first-order valence-electron chi connectivity index (χ1n) is 15.0. The van der Waals surface area contributed by atoms with E-state index in [2.05, 4.69) is 69.5 Å². The van der Waals surface area contributed by atoms with Crippen LogP contribution in [0.15, 0.2) is 72.7 Å². The van der Waals surface area contributed by atoms with Gasteiger partial charge in [0.25, 0.3) is 0 Å². The molecular formula is C34H34Cl2F2N8. The second kappa shape index (κ2) is 12.9. The lowest BCUT2D eigenvalue weighted by Crippen LogP contribution is -2.52. The summed E-state index contributed by atoms with van der Waals surface area (Å²) in [5.74, 6) is -1.59. The lowest BCUT2D eigenvalue weighted by Gasteiger charge is -2.42. The lowest BCUT2D eigenvalue weighted by molar-refractivity contribution is 0.0570. The van der Waals surface area contributed by atoms with Crippen molar-refractivity contribution in [2.24, 2.45) is 0 Å². The lowest BCUT2D eigenvalue weighted by atomic mass is 9.98. The average molecular weight is 664 g/mol. The molecule has 4 aromatic rings. The van der Waals surface area contributed by atoms with Crippen LogP contribution in [0.3, 0.4) is 0 Å². The molecule has 3 heterocycles. The van der Waals surface area contributed by atoms with Crippen LogP contribution in [-0.4, -0.2) is 39.6 Å². The fourth-order valence-corrected chi connectivity index (χ4v) is 6.36. The maximum atomic E-state index is 14.7. The van der Waals surface area contributed by atoms with E-state index in [0.717, 1.165) is 49.3 Å². The molecule has 6 rings (SSSR count). The van der Waals surface area contributed by atoms with Crippen molar-refractivity contribution in [2.75, 3.05) is 23.7 Å². The fourth-order valence-electron chi connectivity index (χ4n) is 5.97. The van der Waals surface area contributed by atoms with Crippen molar-refractivity contribution in [2.45, 2.75) is 51.2 Å². The van der Waals surface area contributed by atoms with Gasteiger partial charge in [-0.15, -0.1) is 5.53 Å². The van der Waals surface area contributed by atoms with Gasteiger partial charge in [0.15, 0.2) is 0 Å². The SMILES string of the molecule is CC(C)(C)N1CCC(N2C=C([C@@H](Nc3cc(Cl)c4ncc(C#N)c(Nc5c(F)cccc5F)c4c3)c3ccc(Cl)cc3)NN2)CC1. The minimum atomic E-state index is -0.794. The third-order valence-corrected chi connectivity index (χ3v) is 9.04. The molecule has 1 fully saturated rings. The predicted octanol–water partition coefficient (Wildman–Crippen LogP) is 8.02. The molecule has 0 saturated carbocycles. The Balaban J connectivity index is 1.35. The Morgan fingerprint density at radius 3 is 2.37 bits per heavy atom. The van der Waals surface area contributed by atoms with Gasteiger partial charge in [-0.05, 0) is 75.6 Å². The van der Waals surface area contributed by atoms with Crippen LogP contribution in [-0.2, 0) is 0 Å². The molecule has 4 N–H and O–H groups in total. The summed E-state index contributed by atoms with van der Waals surface area (Å²) in [6, 6.07) is 16.6. The Hall–Kier alpha value is -4.14. The van der Waals surface area contributed by atoms with Gasteiger partial charge in [-0.25, -0.2) is 8.78 Å². The number of rotatable bonds is 7. The van der Waals surface area contributed by atoms with Gasteiger partial charge in [0.1, 0.15) is 23.4 Å². The molecular weight excluding hydrogens is 629 g/mol. The molecule has 2 aliphatic heterocycles. The Morgan fingerprint density at radius 2 is 1.72 bits per heavy atom. The highest BCUT2D eigenvalue weighted by atomic mass is 35.5. The number of anilines is 3. The number of hydrogen-bond donors (Lipinski definition) is 4. The Bertz CT molecular complexity index is 1810. The van der Waals surface area contributed by atoms with Gasteiger partial charge in [-0.3, -0.25) is 14.9 Å². The number of benzene rings is 3. The number of aromatic nitrogens is 1. The number of piperidine rings is 1. The topological polar surface area (TPSA) is 91.3 Å². The quantitative estimate of drug-likeness (QED) is 0.158. The molecule has 0 unspecified atom stereocenters.